The molecule has 1 fully saturated rings. The van der Waals surface area contributed by atoms with Crippen molar-refractivity contribution < 1.29 is 9.13 Å². The van der Waals surface area contributed by atoms with E-state index in [1.165, 1.54) is 17.7 Å². The number of halogens is 1. The Morgan fingerprint density at radius 1 is 1.10 bits per heavy atom. The molecule has 5 rings (SSSR count). The van der Waals surface area contributed by atoms with Crippen molar-refractivity contribution in [3.8, 4) is 11.4 Å². The summed E-state index contributed by atoms with van der Waals surface area (Å²) in [5.74, 6) is 1.55. The number of amidine groups is 1. The Hall–Kier alpha value is -3.61. The van der Waals surface area contributed by atoms with Gasteiger partial charge in [0.05, 0.1) is 30.5 Å². The molecule has 0 saturated carbocycles. The summed E-state index contributed by atoms with van der Waals surface area (Å²) in [4.78, 5) is 9.10. The van der Waals surface area contributed by atoms with Crippen LogP contribution in [0.25, 0.3) is 11.8 Å². The largest absolute Gasteiger partial charge is 0.495 e. The summed E-state index contributed by atoms with van der Waals surface area (Å²) in [5, 5.41) is 4.30. The lowest BCUT2D eigenvalue weighted by Crippen LogP contribution is -2.45. The number of benzene rings is 2. The van der Waals surface area contributed by atoms with E-state index in [4.69, 9.17) is 9.73 Å². The van der Waals surface area contributed by atoms with Gasteiger partial charge in [-0.3, -0.25) is 10.0 Å². The van der Waals surface area contributed by atoms with Crippen molar-refractivity contribution in [3.63, 3.8) is 0 Å². The molecule has 2 aliphatic heterocycles. The Bertz CT molecular complexity index is 1160. The van der Waals surface area contributed by atoms with Gasteiger partial charge in [-0.25, -0.2) is 14.4 Å². The minimum absolute atomic E-state index is 0.230. The number of nitrogens with zero attached hydrogens (tertiary/aromatic N) is 5. The molecule has 0 atom stereocenters. The predicted molar refractivity (Wildman–Crippen MR) is 120 cm³/mol. The zero-order valence-corrected chi connectivity index (χ0v) is 17.6. The fourth-order valence-electron chi connectivity index (χ4n) is 4.15. The Kier molecular flexibility index (Phi) is 4.94. The first-order valence-corrected chi connectivity index (χ1v) is 10.4. The Balaban J connectivity index is 1.42. The molecule has 0 aliphatic carbocycles. The van der Waals surface area contributed by atoms with Gasteiger partial charge >= 0.3 is 0 Å². The molecule has 31 heavy (non-hydrogen) atoms. The SMILES string of the molecule is COc1cc(/C=C2/CCCN3C2=NCN3c2ccc(F)cc2)ccc1-n1cnc(C)c1. The normalized spacial score (nSPS) is 17.1. The van der Waals surface area contributed by atoms with E-state index < -0.39 is 0 Å². The van der Waals surface area contributed by atoms with Gasteiger partial charge in [-0.05, 0) is 73.4 Å². The maximum absolute atomic E-state index is 13.3. The number of anilines is 1. The first-order chi connectivity index (χ1) is 15.1. The molecular weight excluding hydrogens is 393 g/mol. The van der Waals surface area contributed by atoms with Crippen molar-refractivity contribution in [1.82, 2.24) is 14.6 Å². The second-order valence-corrected chi connectivity index (χ2v) is 7.75. The lowest BCUT2D eigenvalue weighted by Gasteiger charge is -2.35. The van der Waals surface area contributed by atoms with Gasteiger partial charge < -0.3 is 9.30 Å². The van der Waals surface area contributed by atoms with Crippen molar-refractivity contribution in [2.45, 2.75) is 19.8 Å². The van der Waals surface area contributed by atoms with Gasteiger partial charge in [-0.1, -0.05) is 6.07 Å². The molecule has 6 nitrogen and oxygen atoms in total. The highest BCUT2D eigenvalue weighted by Crippen LogP contribution is 2.31. The second kappa shape index (κ2) is 7.91. The molecule has 0 amide bonds. The van der Waals surface area contributed by atoms with Gasteiger partial charge in [0.15, 0.2) is 0 Å². The number of aryl methyl sites for hydroxylation is 1. The molecule has 2 aromatic carbocycles. The van der Waals surface area contributed by atoms with Gasteiger partial charge in [0, 0.05) is 12.7 Å². The second-order valence-electron chi connectivity index (χ2n) is 7.75. The summed E-state index contributed by atoms with van der Waals surface area (Å²) in [7, 11) is 1.68. The van der Waals surface area contributed by atoms with Crippen molar-refractivity contribution in [3.05, 3.63) is 77.6 Å². The maximum Gasteiger partial charge on any atom is 0.147 e. The highest BCUT2D eigenvalue weighted by Gasteiger charge is 2.31. The minimum atomic E-state index is -0.230. The average Bonchev–Trinajstić information content (AvgIpc) is 3.41. The van der Waals surface area contributed by atoms with E-state index in [2.05, 4.69) is 27.1 Å². The molecule has 3 aromatic rings. The molecule has 0 unspecified atom stereocenters. The van der Waals surface area contributed by atoms with Crippen LogP contribution in [0.5, 0.6) is 5.75 Å². The van der Waals surface area contributed by atoms with Gasteiger partial charge in [0.1, 0.15) is 24.1 Å². The van der Waals surface area contributed by atoms with E-state index in [1.54, 1.807) is 25.6 Å². The first-order valence-electron chi connectivity index (χ1n) is 10.4. The molecule has 0 spiro atoms. The molecule has 0 N–H and O–H groups in total. The van der Waals surface area contributed by atoms with Crippen LogP contribution in [-0.2, 0) is 0 Å². The van der Waals surface area contributed by atoms with Gasteiger partial charge in [-0.15, -0.1) is 0 Å². The van der Waals surface area contributed by atoms with Crippen LogP contribution in [-0.4, -0.2) is 40.7 Å². The van der Waals surface area contributed by atoms with Crippen LogP contribution < -0.4 is 9.75 Å². The summed E-state index contributed by atoms with van der Waals surface area (Å²) in [6, 6.07) is 12.8. The Morgan fingerprint density at radius 2 is 1.94 bits per heavy atom. The number of methoxy groups -OCH3 is 1. The molecule has 2 aliphatic rings. The smallest absolute Gasteiger partial charge is 0.147 e. The average molecular weight is 417 g/mol. The van der Waals surface area contributed by atoms with Crippen molar-refractivity contribution in [1.29, 1.82) is 0 Å². The molecule has 1 aromatic heterocycles. The van der Waals surface area contributed by atoms with E-state index in [1.807, 2.05) is 29.8 Å². The van der Waals surface area contributed by atoms with Crippen LogP contribution in [0.4, 0.5) is 10.1 Å². The van der Waals surface area contributed by atoms with Gasteiger partial charge in [-0.2, -0.15) is 0 Å². The third-order valence-corrected chi connectivity index (χ3v) is 5.65. The Labute approximate surface area is 180 Å². The topological polar surface area (TPSA) is 45.9 Å². The van der Waals surface area contributed by atoms with Crippen LogP contribution in [0.15, 0.2) is 65.6 Å². The molecule has 0 radical (unpaired) electrons. The van der Waals surface area contributed by atoms with E-state index in [0.29, 0.717) is 6.67 Å². The molecule has 3 heterocycles. The number of fused-ring (bicyclic) bond motifs is 1. The minimum Gasteiger partial charge on any atom is -0.495 e. The zero-order chi connectivity index (χ0) is 21.4. The van der Waals surface area contributed by atoms with Crippen molar-refractivity contribution in [2.24, 2.45) is 4.99 Å². The number of hydrazine groups is 1. The summed E-state index contributed by atoms with van der Waals surface area (Å²) in [6.07, 6.45) is 7.96. The number of aliphatic imine (C=N–C) groups is 1. The number of aromatic nitrogens is 2. The Morgan fingerprint density at radius 3 is 2.68 bits per heavy atom. The monoisotopic (exact) mass is 417 g/mol. The van der Waals surface area contributed by atoms with E-state index in [-0.39, 0.29) is 5.82 Å². The van der Waals surface area contributed by atoms with E-state index in [9.17, 15) is 4.39 Å². The lowest BCUT2D eigenvalue weighted by atomic mass is 10.0. The number of rotatable bonds is 4. The fourth-order valence-corrected chi connectivity index (χ4v) is 4.15. The number of ether oxygens (including phenoxy) is 1. The van der Waals surface area contributed by atoms with Crippen molar-refractivity contribution >= 4 is 17.6 Å². The van der Waals surface area contributed by atoms with Gasteiger partial charge in [0.2, 0.25) is 0 Å². The molecule has 158 valence electrons. The summed E-state index contributed by atoms with van der Waals surface area (Å²) < 4.78 is 20.9. The van der Waals surface area contributed by atoms with E-state index >= 15 is 0 Å². The van der Waals surface area contributed by atoms with Crippen LogP contribution in [0.3, 0.4) is 0 Å². The predicted octanol–water partition coefficient (Wildman–Crippen LogP) is 4.60. The van der Waals surface area contributed by atoms with Crippen LogP contribution in [0.1, 0.15) is 24.1 Å². The maximum atomic E-state index is 13.3. The molecule has 1 saturated heterocycles. The number of piperidine rings is 1. The summed E-state index contributed by atoms with van der Waals surface area (Å²) >= 11 is 0. The third-order valence-electron chi connectivity index (χ3n) is 5.65. The third kappa shape index (κ3) is 3.67. The summed E-state index contributed by atoms with van der Waals surface area (Å²) in [6.45, 7) is 3.41. The zero-order valence-electron chi connectivity index (χ0n) is 17.6. The van der Waals surface area contributed by atoms with Crippen LogP contribution >= 0.6 is 0 Å². The highest BCUT2D eigenvalue weighted by atomic mass is 19.1. The first kappa shape index (κ1) is 19.4. The fraction of sp³-hybridized carbons (Fsp3) is 0.250. The number of hydrogen-bond donors (Lipinski definition) is 0. The molecule has 0 bridgehead atoms. The van der Waals surface area contributed by atoms with Crippen LogP contribution in [0, 0.1) is 12.7 Å². The van der Waals surface area contributed by atoms with E-state index in [0.717, 1.165) is 53.6 Å². The quantitative estimate of drug-likeness (QED) is 0.623. The number of hydrogen-bond acceptors (Lipinski definition) is 5. The highest BCUT2D eigenvalue weighted by molar-refractivity contribution is 6.04. The molecule has 7 heteroatoms. The van der Waals surface area contributed by atoms with Crippen LogP contribution in [0.2, 0.25) is 0 Å². The van der Waals surface area contributed by atoms with Gasteiger partial charge in [0.25, 0.3) is 0 Å². The van der Waals surface area contributed by atoms with Crippen molar-refractivity contribution in [2.75, 3.05) is 25.3 Å². The standard InChI is InChI=1S/C24H24FN5O/c1-17-14-28(15-26-17)22-10-5-18(13-23(22)31-2)12-19-4-3-11-29-24(19)27-16-30(29)21-8-6-20(25)7-9-21/h5-10,12-15H,3-4,11,16H2,1-2H3/b19-12-. The lowest BCUT2D eigenvalue weighted by molar-refractivity contribution is 0.390. The molecular formula is C24H24FN5O. The summed E-state index contributed by atoms with van der Waals surface area (Å²) in [5.41, 5.74) is 5.13. The number of imidazole rings is 1.